The number of rotatable bonds is 5. The number of hydrogen-bond acceptors (Lipinski definition) is 0. The molecule has 214 valence electrons. The van der Waals surface area contributed by atoms with Crippen molar-refractivity contribution in [3.63, 3.8) is 0 Å². The topological polar surface area (TPSA) is 0 Å². The standard InChI is InChI=1S/C46H30/c1-4-13-32(14-5-1)43-29-36(30-44(33-15-6-2-7-16-33)45(43)35-17-8-3-9-18-35)31-23-25-34(26-24-31)37-27-28-42-39-20-11-10-19-38(39)41-22-12-21-40(37)46(41)42/h1-30H. The molecule has 0 saturated heterocycles. The molecular formula is C46H30. The van der Waals surface area contributed by atoms with E-state index in [0.29, 0.717) is 0 Å². The summed E-state index contributed by atoms with van der Waals surface area (Å²) >= 11 is 0. The van der Waals surface area contributed by atoms with Gasteiger partial charge in [-0.2, -0.15) is 0 Å². The summed E-state index contributed by atoms with van der Waals surface area (Å²) in [6, 6.07) is 66.4. The molecule has 1 aliphatic carbocycles. The third-order valence-corrected chi connectivity index (χ3v) is 9.45. The average Bonchev–Trinajstić information content (AvgIpc) is 3.47. The highest BCUT2D eigenvalue weighted by atomic mass is 14.3. The van der Waals surface area contributed by atoms with Gasteiger partial charge >= 0.3 is 0 Å². The van der Waals surface area contributed by atoms with Crippen LogP contribution in [0.15, 0.2) is 182 Å². The van der Waals surface area contributed by atoms with Gasteiger partial charge in [0.1, 0.15) is 0 Å². The van der Waals surface area contributed by atoms with E-state index in [-0.39, 0.29) is 0 Å². The summed E-state index contributed by atoms with van der Waals surface area (Å²) in [5.74, 6) is 0. The lowest BCUT2D eigenvalue weighted by molar-refractivity contribution is 1.54. The minimum absolute atomic E-state index is 1.20. The lowest BCUT2D eigenvalue weighted by Gasteiger charge is -2.19. The van der Waals surface area contributed by atoms with Gasteiger partial charge in [-0.15, -0.1) is 0 Å². The Morgan fingerprint density at radius 2 is 0.652 bits per heavy atom. The molecule has 0 aromatic heterocycles. The first-order valence-corrected chi connectivity index (χ1v) is 15.9. The summed E-state index contributed by atoms with van der Waals surface area (Å²) in [5, 5.41) is 2.67. The quantitative estimate of drug-likeness (QED) is 0.189. The minimum atomic E-state index is 1.20. The van der Waals surface area contributed by atoms with Crippen molar-refractivity contribution >= 4 is 10.8 Å². The molecule has 8 aromatic carbocycles. The van der Waals surface area contributed by atoms with Crippen molar-refractivity contribution in [2.75, 3.05) is 0 Å². The van der Waals surface area contributed by atoms with Crippen molar-refractivity contribution in [3.05, 3.63) is 182 Å². The zero-order valence-corrected chi connectivity index (χ0v) is 25.3. The highest BCUT2D eigenvalue weighted by molar-refractivity contribution is 6.18. The lowest BCUT2D eigenvalue weighted by Crippen LogP contribution is -1.93. The molecule has 0 bridgehead atoms. The molecule has 9 rings (SSSR count). The Morgan fingerprint density at radius 3 is 1.24 bits per heavy atom. The second-order valence-electron chi connectivity index (χ2n) is 12.1. The normalized spacial score (nSPS) is 11.5. The van der Waals surface area contributed by atoms with Crippen molar-refractivity contribution in [1.82, 2.24) is 0 Å². The zero-order chi connectivity index (χ0) is 30.5. The lowest BCUT2D eigenvalue weighted by atomic mass is 9.84. The molecule has 0 heteroatoms. The van der Waals surface area contributed by atoms with Gasteiger partial charge in [0.15, 0.2) is 0 Å². The highest BCUT2D eigenvalue weighted by Crippen LogP contribution is 2.49. The van der Waals surface area contributed by atoms with Gasteiger partial charge in [0.05, 0.1) is 0 Å². The first kappa shape index (κ1) is 26.4. The van der Waals surface area contributed by atoms with Crippen LogP contribution in [0.4, 0.5) is 0 Å². The average molecular weight is 583 g/mol. The largest absolute Gasteiger partial charge is 0.0622 e. The van der Waals surface area contributed by atoms with Crippen LogP contribution < -0.4 is 0 Å². The Balaban J connectivity index is 1.20. The van der Waals surface area contributed by atoms with E-state index in [1.165, 1.54) is 88.7 Å². The molecule has 0 amide bonds. The van der Waals surface area contributed by atoms with Gasteiger partial charge in [0, 0.05) is 0 Å². The molecule has 0 radical (unpaired) electrons. The van der Waals surface area contributed by atoms with Crippen molar-refractivity contribution in [1.29, 1.82) is 0 Å². The van der Waals surface area contributed by atoms with Gasteiger partial charge in [-0.05, 0) is 101 Å². The molecule has 0 spiro atoms. The maximum atomic E-state index is 2.37. The first-order chi connectivity index (χ1) is 22.8. The van der Waals surface area contributed by atoms with Crippen molar-refractivity contribution in [3.8, 4) is 77.9 Å². The van der Waals surface area contributed by atoms with E-state index in [1.807, 2.05) is 0 Å². The van der Waals surface area contributed by atoms with Crippen LogP contribution in [0.1, 0.15) is 0 Å². The number of hydrogen-bond donors (Lipinski definition) is 0. The Hall–Kier alpha value is -5.98. The Morgan fingerprint density at radius 1 is 0.217 bits per heavy atom. The Labute approximate surface area is 269 Å². The molecule has 0 nitrogen and oxygen atoms in total. The highest BCUT2D eigenvalue weighted by Gasteiger charge is 2.22. The van der Waals surface area contributed by atoms with Gasteiger partial charge in [-0.1, -0.05) is 170 Å². The molecule has 0 saturated carbocycles. The smallest absolute Gasteiger partial charge is 0.00201 e. The van der Waals surface area contributed by atoms with E-state index in [1.54, 1.807) is 0 Å². The fourth-order valence-electron chi connectivity index (χ4n) is 7.32. The maximum Gasteiger partial charge on any atom is -0.00201 e. The molecule has 0 heterocycles. The SMILES string of the molecule is c1ccc(-c2cc(-c3ccc(-c4ccc5c6c(cccc46)-c4ccccc4-5)cc3)cc(-c3ccccc3)c2-c2ccccc2)cc1. The van der Waals surface area contributed by atoms with Crippen LogP contribution in [0.25, 0.3) is 88.7 Å². The Bertz CT molecular complexity index is 2280. The molecule has 0 atom stereocenters. The fraction of sp³-hybridized carbons (Fsp3) is 0. The molecule has 1 aliphatic rings. The summed E-state index contributed by atoms with van der Waals surface area (Å²) in [4.78, 5) is 0. The molecule has 0 aliphatic heterocycles. The Kier molecular flexibility index (Phi) is 6.25. The predicted octanol–water partition coefficient (Wildman–Crippen LogP) is 12.8. The van der Waals surface area contributed by atoms with Crippen LogP contribution in [0.3, 0.4) is 0 Å². The molecule has 0 unspecified atom stereocenters. The van der Waals surface area contributed by atoms with E-state index < -0.39 is 0 Å². The van der Waals surface area contributed by atoms with Crippen molar-refractivity contribution < 1.29 is 0 Å². The van der Waals surface area contributed by atoms with Crippen molar-refractivity contribution in [2.24, 2.45) is 0 Å². The summed E-state index contributed by atoms with van der Waals surface area (Å²) < 4.78 is 0. The van der Waals surface area contributed by atoms with Crippen LogP contribution in [-0.2, 0) is 0 Å². The van der Waals surface area contributed by atoms with E-state index >= 15 is 0 Å². The van der Waals surface area contributed by atoms with Crippen LogP contribution in [0, 0.1) is 0 Å². The zero-order valence-electron chi connectivity index (χ0n) is 25.3. The van der Waals surface area contributed by atoms with Gasteiger partial charge in [-0.25, -0.2) is 0 Å². The van der Waals surface area contributed by atoms with Gasteiger partial charge in [0.25, 0.3) is 0 Å². The predicted molar refractivity (Wildman–Crippen MR) is 196 cm³/mol. The molecule has 46 heavy (non-hydrogen) atoms. The molecular weight excluding hydrogens is 553 g/mol. The first-order valence-electron chi connectivity index (χ1n) is 15.9. The fourth-order valence-corrected chi connectivity index (χ4v) is 7.32. The molecule has 0 fully saturated rings. The van der Waals surface area contributed by atoms with Gasteiger partial charge in [0.2, 0.25) is 0 Å². The van der Waals surface area contributed by atoms with E-state index in [4.69, 9.17) is 0 Å². The van der Waals surface area contributed by atoms with Crippen LogP contribution in [-0.4, -0.2) is 0 Å². The third-order valence-electron chi connectivity index (χ3n) is 9.45. The summed E-state index contributed by atoms with van der Waals surface area (Å²) in [7, 11) is 0. The summed E-state index contributed by atoms with van der Waals surface area (Å²) in [6.07, 6.45) is 0. The number of benzene rings is 8. The molecule has 8 aromatic rings. The summed E-state index contributed by atoms with van der Waals surface area (Å²) in [5.41, 5.74) is 17.6. The third kappa shape index (κ3) is 4.30. The maximum absolute atomic E-state index is 2.37. The second-order valence-corrected chi connectivity index (χ2v) is 12.1. The van der Waals surface area contributed by atoms with Crippen LogP contribution in [0.2, 0.25) is 0 Å². The van der Waals surface area contributed by atoms with E-state index in [9.17, 15) is 0 Å². The number of fused-ring (bicyclic) bond motifs is 3. The van der Waals surface area contributed by atoms with Crippen molar-refractivity contribution in [2.45, 2.75) is 0 Å². The van der Waals surface area contributed by atoms with E-state index in [2.05, 4.69) is 182 Å². The summed E-state index contributed by atoms with van der Waals surface area (Å²) in [6.45, 7) is 0. The van der Waals surface area contributed by atoms with Crippen LogP contribution in [0.5, 0.6) is 0 Å². The van der Waals surface area contributed by atoms with E-state index in [0.717, 1.165) is 0 Å². The van der Waals surface area contributed by atoms with Gasteiger partial charge in [-0.3, -0.25) is 0 Å². The minimum Gasteiger partial charge on any atom is -0.0622 e. The van der Waals surface area contributed by atoms with Gasteiger partial charge < -0.3 is 0 Å². The monoisotopic (exact) mass is 582 g/mol. The van der Waals surface area contributed by atoms with Crippen LogP contribution >= 0.6 is 0 Å². The second kappa shape index (κ2) is 10.9. The molecule has 0 N–H and O–H groups in total.